The number of benzene rings is 1. The molecule has 1 aromatic carbocycles. The van der Waals surface area contributed by atoms with Crippen molar-refractivity contribution in [1.29, 1.82) is 0 Å². The number of rotatable bonds is 5. The second kappa shape index (κ2) is 9.75. The van der Waals surface area contributed by atoms with Gasteiger partial charge in [-0.25, -0.2) is 4.98 Å². The first-order chi connectivity index (χ1) is 17.4. The Morgan fingerprint density at radius 3 is 2.72 bits per heavy atom. The maximum Gasteiger partial charge on any atom is 0.252 e. The molecule has 0 radical (unpaired) electrons. The molecule has 1 aliphatic heterocycles. The van der Waals surface area contributed by atoms with Gasteiger partial charge in [-0.05, 0) is 39.3 Å². The van der Waals surface area contributed by atoms with Gasteiger partial charge in [0, 0.05) is 38.3 Å². The van der Waals surface area contributed by atoms with Gasteiger partial charge in [0.1, 0.15) is 12.1 Å². The van der Waals surface area contributed by atoms with Crippen LogP contribution < -0.4 is 10.5 Å². The third-order valence-electron chi connectivity index (χ3n) is 7.41. The standard InChI is InChI=1S/C28H33N7O/c1-6-8-13-33-18-26-28(31-33)25(14-27(36)32(26)5)34-17-21(7-2)35(16-19(34)3)20(4)24-15-29-22-11-9-10-12-23(22)30-24/h9-12,14-15,18-21H,7,13,16-17H2,1-5H3/t19-,20?,21+/m0/s1. The van der Waals surface area contributed by atoms with Gasteiger partial charge in [-0.15, -0.1) is 5.92 Å². The molecule has 0 N–H and O–H groups in total. The Labute approximate surface area is 211 Å². The molecule has 4 heterocycles. The number of anilines is 1. The molecule has 3 atom stereocenters. The third kappa shape index (κ3) is 4.24. The molecular weight excluding hydrogens is 450 g/mol. The van der Waals surface area contributed by atoms with E-state index in [2.05, 4.69) is 47.4 Å². The van der Waals surface area contributed by atoms with Crippen molar-refractivity contribution in [3.05, 3.63) is 58.8 Å². The van der Waals surface area contributed by atoms with Crippen LogP contribution in [0, 0.1) is 11.8 Å². The largest absolute Gasteiger partial charge is 0.364 e. The number of piperazine rings is 1. The molecule has 5 rings (SSSR count). The zero-order valence-corrected chi connectivity index (χ0v) is 21.6. The zero-order valence-electron chi connectivity index (χ0n) is 21.6. The molecule has 0 amide bonds. The van der Waals surface area contributed by atoms with E-state index >= 15 is 0 Å². The molecule has 4 aromatic rings. The lowest BCUT2D eigenvalue weighted by molar-refractivity contribution is 0.104. The number of hydrogen-bond acceptors (Lipinski definition) is 6. The molecule has 0 aliphatic carbocycles. The summed E-state index contributed by atoms with van der Waals surface area (Å²) in [7, 11) is 1.80. The van der Waals surface area contributed by atoms with Crippen LogP contribution >= 0.6 is 0 Å². The molecule has 0 saturated carbocycles. The summed E-state index contributed by atoms with van der Waals surface area (Å²) in [6, 6.07) is 10.4. The predicted octanol–water partition coefficient (Wildman–Crippen LogP) is 3.75. The first kappa shape index (κ1) is 24.0. The summed E-state index contributed by atoms with van der Waals surface area (Å²) in [6.07, 6.45) is 4.82. The molecular formula is C28H33N7O. The highest BCUT2D eigenvalue weighted by Gasteiger charge is 2.35. The Kier molecular flexibility index (Phi) is 6.50. The van der Waals surface area contributed by atoms with Crippen molar-refractivity contribution in [2.24, 2.45) is 7.05 Å². The number of para-hydroxylation sites is 2. The van der Waals surface area contributed by atoms with Crippen molar-refractivity contribution in [3.63, 3.8) is 0 Å². The molecule has 0 bridgehead atoms. The van der Waals surface area contributed by atoms with Gasteiger partial charge in [-0.3, -0.25) is 19.4 Å². The highest BCUT2D eigenvalue weighted by atomic mass is 16.1. The van der Waals surface area contributed by atoms with Crippen LogP contribution in [-0.2, 0) is 13.6 Å². The van der Waals surface area contributed by atoms with Crippen LogP contribution in [0.25, 0.3) is 22.1 Å². The van der Waals surface area contributed by atoms with Gasteiger partial charge in [0.05, 0.1) is 46.4 Å². The minimum atomic E-state index is -0.0268. The van der Waals surface area contributed by atoms with Crippen molar-refractivity contribution in [3.8, 4) is 11.8 Å². The fourth-order valence-electron chi connectivity index (χ4n) is 5.28. The molecule has 8 nitrogen and oxygen atoms in total. The lowest BCUT2D eigenvalue weighted by Crippen LogP contribution is -2.58. The van der Waals surface area contributed by atoms with Gasteiger partial charge in [0.2, 0.25) is 0 Å². The Morgan fingerprint density at radius 1 is 1.19 bits per heavy atom. The summed E-state index contributed by atoms with van der Waals surface area (Å²) in [5.74, 6) is 5.98. The molecule has 1 aliphatic rings. The normalized spacial score (nSPS) is 19.4. The Hall–Kier alpha value is -3.70. The van der Waals surface area contributed by atoms with E-state index in [9.17, 15) is 4.79 Å². The minimum absolute atomic E-state index is 0.0268. The summed E-state index contributed by atoms with van der Waals surface area (Å²) in [6.45, 7) is 10.7. The fourth-order valence-corrected chi connectivity index (χ4v) is 5.28. The van der Waals surface area contributed by atoms with Crippen molar-refractivity contribution in [2.45, 2.75) is 58.8 Å². The van der Waals surface area contributed by atoms with E-state index < -0.39 is 0 Å². The van der Waals surface area contributed by atoms with Gasteiger partial charge in [-0.1, -0.05) is 25.0 Å². The molecule has 186 valence electrons. The molecule has 3 aromatic heterocycles. The number of fused-ring (bicyclic) bond motifs is 2. The first-order valence-electron chi connectivity index (χ1n) is 12.6. The molecule has 8 heteroatoms. The lowest BCUT2D eigenvalue weighted by Gasteiger charge is -2.48. The van der Waals surface area contributed by atoms with E-state index in [-0.39, 0.29) is 17.6 Å². The van der Waals surface area contributed by atoms with E-state index in [1.807, 2.05) is 48.3 Å². The highest BCUT2D eigenvalue weighted by Crippen LogP contribution is 2.33. The second-order valence-electron chi connectivity index (χ2n) is 9.63. The SMILES string of the molecule is CC#CCn1cc2c(n1)c(N1C[C@@H](CC)N(C(C)c3cnc4ccccc4n3)C[C@@H]1C)cc(=O)n2C. The fraction of sp³-hybridized carbons (Fsp3) is 0.429. The van der Waals surface area contributed by atoms with Crippen LogP contribution in [0.1, 0.15) is 45.9 Å². The van der Waals surface area contributed by atoms with Crippen LogP contribution in [0.4, 0.5) is 5.69 Å². The quantitative estimate of drug-likeness (QED) is 0.403. The topological polar surface area (TPSA) is 72.1 Å². The van der Waals surface area contributed by atoms with Crippen molar-refractivity contribution >= 4 is 27.8 Å². The van der Waals surface area contributed by atoms with E-state index in [1.165, 1.54) is 0 Å². The lowest BCUT2D eigenvalue weighted by atomic mass is 10.0. The number of nitrogens with zero attached hydrogens (tertiary/aromatic N) is 7. The molecule has 0 spiro atoms. The van der Waals surface area contributed by atoms with Gasteiger partial charge in [0.25, 0.3) is 5.56 Å². The number of aromatic nitrogens is 5. The maximum atomic E-state index is 12.9. The predicted molar refractivity (Wildman–Crippen MR) is 144 cm³/mol. The van der Waals surface area contributed by atoms with E-state index in [0.29, 0.717) is 12.6 Å². The second-order valence-corrected chi connectivity index (χ2v) is 9.63. The van der Waals surface area contributed by atoms with Crippen molar-refractivity contribution in [1.82, 2.24) is 29.2 Å². The average Bonchev–Trinajstić information content (AvgIpc) is 3.33. The van der Waals surface area contributed by atoms with E-state index in [0.717, 1.165) is 53.0 Å². The van der Waals surface area contributed by atoms with Gasteiger partial charge in [0.15, 0.2) is 0 Å². The molecule has 1 saturated heterocycles. The summed E-state index contributed by atoms with van der Waals surface area (Å²) < 4.78 is 3.49. The van der Waals surface area contributed by atoms with Gasteiger partial charge in [-0.2, -0.15) is 5.10 Å². The Bertz CT molecular complexity index is 1530. The Morgan fingerprint density at radius 2 is 1.97 bits per heavy atom. The van der Waals surface area contributed by atoms with Crippen LogP contribution in [0.2, 0.25) is 0 Å². The van der Waals surface area contributed by atoms with Crippen LogP contribution in [0.15, 0.2) is 47.5 Å². The van der Waals surface area contributed by atoms with Gasteiger partial charge >= 0.3 is 0 Å². The maximum absolute atomic E-state index is 12.9. The molecule has 1 fully saturated rings. The van der Waals surface area contributed by atoms with Crippen molar-refractivity contribution < 1.29 is 0 Å². The summed E-state index contributed by atoms with van der Waals surface area (Å²) in [4.78, 5) is 27.4. The van der Waals surface area contributed by atoms with Crippen LogP contribution in [0.3, 0.4) is 0 Å². The monoisotopic (exact) mass is 483 g/mol. The zero-order chi connectivity index (χ0) is 25.4. The summed E-state index contributed by atoms with van der Waals surface area (Å²) in [5, 5.41) is 4.82. The number of aryl methyl sites for hydroxylation is 1. The molecule has 36 heavy (non-hydrogen) atoms. The molecule has 1 unspecified atom stereocenters. The average molecular weight is 484 g/mol. The summed E-state index contributed by atoms with van der Waals surface area (Å²) >= 11 is 0. The van der Waals surface area contributed by atoms with E-state index in [1.54, 1.807) is 17.7 Å². The first-order valence-corrected chi connectivity index (χ1v) is 12.6. The van der Waals surface area contributed by atoms with Gasteiger partial charge < -0.3 is 9.47 Å². The summed E-state index contributed by atoms with van der Waals surface area (Å²) in [5.41, 5.74) is 5.38. The van der Waals surface area contributed by atoms with Crippen LogP contribution in [-0.4, -0.2) is 54.4 Å². The highest BCUT2D eigenvalue weighted by molar-refractivity contribution is 5.88. The number of pyridine rings is 1. The van der Waals surface area contributed by atoms with Crippen molar-refractivity contribution in [2.75, 3.05) is 18.0 Å². The minimum Gasteiger partial charge on any atom is -0.364 e. The van der Waals surface area contributed by atoms with E-state index in [4.69, 9.17) is 10.1 Å². The van der Waals surface area contributed by atoms with Crippen LogP contribution in [0.5, 0.6) is 0 Å². The smallest absolute Gasteiger partial charge is 0.252 e. The number of hydrogen-bond donors (Lipinski definition) is 0. The Balaban J connectivity index is 1.47. The third-order valence-corrected chi connectivity index (χ3v) is 7.41.